The normalized spacial score (nSPS) is 12.0. The Morgan fingerprint density at radius 2 is 2.57 bits per heavy atom. The maximum Gasteiger partial charge on any atom is 0.189 e. The summed E-state index contributed by atoms with van der Waals surface area (Å²) in [5.41, 5.74) is 0. The minimum atomic E-state index is -1.18. The van der Waals surface area contributed by atoms with E-state index < -0.39 is 10.9 Å². The molecule has 0 radical (unpaired) electrons. The van der Waals surface area contributed by atoms with Crippen molar-refractivity contribution in [1.29, 1.82) is 0 Å². The van der Waals surface area contributed by atoms with Gasteiger partial charge in [0.2, 0.25) is 0 Å². The molecule has 1 aromatic rings. The van der Waals surface area contributed by atoms with E-state index in [4.69, 9.17) is 11.6 Å². The van der Waals surface area contributed by atoms with Crippen LogP contribution in [0.4, 0.5) is 0 Å². The number of nitrogens with zero attached hydrogens (tertiary/aromatic N) is 1. The maximum absolute atomic E-state index is 10.2. The van der Waals surface area contributed by atoms with Crippen LogP contribution in [0.3, 0.4) is 0 Å². The zero-order valence-corrected chi connectivity index (χ0v) is 4.87. The number of hydrogen-bond acceptors (Lipinski definition) is 2. The average Bonchev–Trinajstić information content (AvgIpc) is 1.87. The summed E-state index contributed by atoms with van der Waals surface area (Å²) in [6, 6.07) is 1.51. The molecule has 1 unspecified atom stereocenters. The summed E-state index contributed by atoms with van der Waals surface area (Å²) in [6.45, 7) is 0. The number of hydrogen-bond donors (Lipinski definition) is 0. The Balaban J connectivity index is 3.04. The molecule has 0 aliphatic rings. The summed E-state index contributed by atoms with van der Waals surface area (Å²) in [6.07, 6.45) is 0. The average molecular weight is 136 g/mol. The Bertz CT molecular complexity index is 147. The van der Waals surface area contributed by atoms with Gasteiger partial charge in [0.25, 0.3) is 0 Å². The summed E-state index contributed by atoms with van der Waals surface area (Å²) in [5, 5.41) is 1.75. The quantitative estimate of drug-likeness (QED) is 0.505. The lowest BCUT2D eigenvalue weighted by Gasteiger charge is -1.72. The van der Waals surface area contributed by atoms with Crippen molar-refractivity contribution in [2.45, 2.75) is 0 Å². The fraction of sp³-hybridized carbons (Fsp3) is 0. The van der Waals surface area contributed by atoms with Crippen LogP contribution in [0.5, 0.6) is 0 Å². The van der Waals surface area contributed by atoms with Gasteiger partial charge in [-0.1, -0.05) is 11.6 Å². The third-order valence-electron chi connectivity index (χ3n) is 0.499. The van der Waals surface area contributed by atoms with Gasteiger partial charge < -0.3 is 4.55 Å². The van der Waals surface area contributed by atoms with E-state index in [0.717, 1.165) is 0 Å². The van der Waals surface area contributed by atoms with E-state index in [1.165, 1.54) is 11.4 Å². The van der Waals surface area contributed by atoms with Crippen LogP contribution in [-0.4, -0.2) is 8.93 Å². The molecule has 0 N–H and O–H groups in total. The van der Waals surface area contributed by atoms with Crippen LogP contribution in [0.25, 0.3) is 0 Å². The molecule has 2 nitrogen and oxygen atoms in total. The van der Waals surface area contributed by atoms with Crippen molar-refractivity contribution < 1.29 is 4.55 Å². The maximum atomic E-state index is 10.2. The predicted molar refractivity (Wildman–Crippen MR) is 27.9 cm³/mol. The second-order valence-corrected chi connectivity index (χ2v) is 2.39. The molecule has 0 saturated heterocycles. The lowest BCUT2D eigenvalue weighted by Crippen LogP contribution is -1.55. The highest BCUT2D eigenvalue weighted by Gasteiger charge is 1.93. The largest absolute Gasteiger partial charge is 0.569 e. The Labute approximate surface area is 48.7 Å². The van der Waals surface area contributed by atoms with E-state index in [0.29, 0.717) is 5.15 Å². The van der Waals surface area contributed by atoms with Crippen molar-refractivity contribution in [2.75, 3.05) is 0 Å². The van der Waals surface area contributed by atoms with Gasteiger partial charge in [0.05, 0.1) is 10.9 Å². The van der Waals surface area contributed by atoms with Gasteiger partial charge in [-0.25, -0.2) is 0 Å². The van der Waals surface area contributed by atoms with Crippen LogP contribution in [-0.2, 0) is 0 Å². The molecule has 0 aliphatic carbocycles. The van der Waals surface area contributed by atoms with Crippen molar-refractivity contribution in [3.8, 4) is 0 Å². The highest BCUT2D eigenvalue weighted by atomic mass is 35.5. The molecule has 0 spiro atoms. The van der Waals surface area contributed by atoms with Crippen molar-refractivity contribution in [3.63, 3.8) is 0 Å². The number of halogens is 1. The Kier molecular flexibility index (Phi) is 1.27. The fourth-order valence-electron chi connectivity index (χ4n) is 0.261. The van der Waals surface area contributed by atoms with Crippen LogP contribution in [0, 0.1) is 0 Å². The molecule has 38 valence electrons. The van der Waals surface area contributed by atoms with Gasteiger partial charge in [-0.3, -0.25) is 0 Å². The summed E-state index contributed by atoms with van der Waals surface area (Å²) in [5.74, 6) is 0. The van der Waals surface area contributed by atoms with Crippen molar-refractivity contribution in [2.24, 2.45) is 0 Å². The molecule has 0 aromatic carbocycles. The highest BCUT2D eigenvalue weighted by molar-refractivity contribution is 7.18. The summed E-state index contributed by atoms with van der Waals surface area (Å²) in [7, 11) is -1.18. The van der Waals surface area contributed by atoms with Gasteiger partial charge in [-0.05, 0) is 4.37 Å². The van der Waals surface area contributed by atoms with Gasteiger partial charge in [-0.2, -0.15) is 0 Å². The smallest absolute Gasteiger partial charge is 0.189 e. The van der Waals surface area contributed by atoms with Gasteiger partial charge in [0.1, 0.15) is 0 Å². The van der Waals surface area contributed by atoms with E-state index in [-0.39, 0.29) is 0 Å². The first kappa shape index (κ1) is 5.03. The first-order chi connectivity index (χ1) is 3.29. The van der Waals surface area contributed by atoms with Gasteiger partial charge in [0.15, 0.2) is 10.5 Å². The third kappa shape index (κ3) is 1.12. The Morgan fingerprint density at radius 1 is 1.86 bits per heavy atom. The molecule has 0 bridgehead atoms. The predicted octanol–water partition coefficient (Wildman–Crippen LogP) is 1.46. The second-order valence-electron chi connectivity index (χ2n) is 0.993. The lowest BCUT2D eigenvalue weighted by molar-refractivity contribution is 0.591. The second kappa shape index (κ2) is 1.78. The molecule has 1 atom stereocenters. The molecule has 0 amide bonds. The molecule has 0 saturated carbocycles. The summed E-state index contributed by atoms with van der Waals surface area (Å²) >= 11 is 5.28. The fourth-order valence-corrected chi connectivity index (χ4v) is 1.14. The summed E-state index contributed by atoms with van der Waals surface area (Å²) < 4.78 is 13.6. The molecular weight excluding hydrogens is 134 g/mol. The van der Waals surface area contributed by atoms with Crippen molar-refractivity contribution >= 4 is 22.5 Å². The van der Waals surface area contributed by atoms with Crippen LogP contribution in [0.2, 0.25) is 5.15 Å². The molecule has 0 aliphatic heterocycles. The molecule has 1 aromatic heterocycles. The standard InChI is InChI=1S/C3H2ClNOS/c4-3-1-2-7(6)5-3/h1-2H. The third-order valence-corrected chi connectivity index (χ3v) is 1.56. The molecule has 7 heavy (non-hydrogen) atoms. The summed E-state index contributed by atoms with van der Waals surface area (Å²) in [4.78, 5) is 0. The number of rotatable bonds is 0. The van der Waals surface area contributed by atoms with Crippen molar-refractivity contribution in [1.82, 2.24) is 4.37 Å². The van der Waals surface area contributed by atoms with E-state index in [2.05, 4.69) is 4.37 Å². The van der Waals surface area contributed by atoms with Crippen LogP contribution >= 0.6 is 22.5 Å². The Morgan fingerprint density at radius 3 is 2.71 bits per heavy atom. The zero-order chi connectivity index (χ0) is 5.28. The SMILES string of the molecule is [O-][s+]1ccc(Cl)n1. The minimum absolute atomic E-state index is 0.318. The molecule has 0 fully saturated rings. The zero-order valence-electron chi connectivity index (χ0n) is 3.30. The van der Waals surface area contributed by atoms with E-state index in [1.807, 2.05) is 0 Å². The van der Waals surface area contributed by atoms with Crippen LogP contribution in [0.1, 0.15) is 0 Å². The topological polar surface area (TPSA) is 36.0 Å². The minimum Gasteiger partial charge on any atom is -0.569 e. The van der Waals surface area contributed by atoms with E-state index in [9.17, 15) is 4.55 Å². The van der Waals surface area contributed by atoms with Crippen LogP contribution < -0.4 is 0 Å². The molecule has 1 rings (SSSR count). The van der Waals surface area contributed by atoms with E-state index in [1.54, 1.807) is 0 Å². The first-order valence-corrected chi connectivity index (χ1v) is 3.17. The molecule has 1 heterocycles. The Hall–Kier alpha value is -0.120. The number of aromatic nitrogens is 1. The van der Waals surface area contributed by atoms with Gasteiger partial charge >= 0.3 is 0 Å². The van der Waals surface area contributed by atoms with Crippen molar-refractivity contribution in [3.05, 3.63) is 16.6 Å². The van der Waals surface area contributed by atoms with Crippen LogP contribution in [0.15, 0.2) is 11.4 Å². The molecular formula is C3H2ClNOS. The highest BCUT2D eigenvalue weighted by Crippen LogP contribution is 2.12. The lowest BCUT2D eigenvalue weighted by atomic mass is 10.8. The van der Waals surface area contributed by atoms with Gasteiger partial charge in [-0.15, -0.1) is 0 Å². The first-order valence-electron chi connectivity index (χ1n) is 1.62. The molecule has 4 heteroatoms. The van der Waals surface area contributed by atoms with E-state index >= 15 is 0 Å². The van der Waals surface area contributed by atoms with Gasteiger partial charge in [0, 0.05) is 6.07 Å². The monoisotopic (exact) mass is 135 g/mol.